The second-order valence-electron chi connectivity index (χ2n) is 4.18. The number of carbonyl (C=O) groups excluding carboxylic acids is 1. The van der Waals surface area contributed by atoms with Crippen LogP contribution < -0.4 is 10.5 Å². The van der Waals surface area contributed by atoms with Crippen molar-refractivity contribution in [1.29, 1.82) is 0 Å². The number of benzene rings is 1. The SMILES string of the molecule is CCc1cc(C(N)=O)c(CC)c(OCC(F)(F)F)c1I. The zero-order chi connectivity index (χ0) is 15.5. The number of hydrogen-bond acceptors (Lipinski definition) is 2. The van der Waals surface area contributed by atoms with Crippen molar-refractivity contribution in [2.45, 2.75) is 32.9 Å². The number of ether oxygens (including phenoxy) is 1. The monoisotopic (exact) mass is 401 g/mol. The Bertz CT molecular complexity index is 515. The maximum Gasteiger partial charge on any atom is 0.422 e. The van der Waals surface area contributed by atoms with Crippen LogP contribution in [0, 0.1) is 3.57 Å². The van der Waals surface area contributed by atoms with Crippen LogP contribution in [-0.2, 0) is 12.8 Å². The van der Waals surface area contributed by atoms with E-state index in [0.29, 0.717) is 22.0 Å². The van der Waals surface area contributed by atoms with Gasteiger partial charge in [0.15, 0.2) is 6.61 Å². The van der Waals surface area contributed by atoms with Crippen LogP contribution >= 0.6 is 22.6 Å². The number of amides is 1. The lowest BCUT2D eigenvalue weighted by molar-refractivity contribution is -0.153. The van der Waals surface area contributed by atoms with E-state index in [0.717, 1.165) is 5.56 Å². The number of alkyl halides is 3. The summed E-state index contributed by atoms with van der Waals surface area (Å²) >= 11 is 1.94. The number of aryl methyl sites for hydroxylation is 1. The Morgan fingerprint density at radius 1 is 1.35 bits per heavy atom. The van der Waals surface area contributed by atoms with Gasteiger partial charge in [0.05, 0.1) is 3.57 Å². The summed E-state index contributed by atoms with van der Waals surface area (Å²) in [6, 6.07) is 1.63. The van der Waals surface area contributed by atoms with Crippen LogP contribution in [0.25, 0.3) is 0 Å². The fraction of sp³-hybridized carbons (Fsp3) is 0.462. The van der Waals surface area contributed by atoms with E-state index in [1.807, 2.05) is 29.5 Å². The quantitative estimate of drug-likeness (QED) is 0.769. The van der Waals surface area contributed by atoms with Gasteiger partial charge < -0.3 is 10.5 Å². The molecule has 0 spiro atoms. The van der Waals surface area contributed by atoms with Gasteiger partial charge in [-0.1, -0.05) is 13.8 Å². The molecule has 0 heterocycles. The summed E-state index contributed by atoms with van der Waals surface area (Å²) in [4.78, 5) is 11.5. The Kier molecular flexibility index (Phi) is 5.67. The summed E-state index contributed by atoms with van der Waals surface area (Å²) in [6.07, 6.45) is -3.49. The summed E-state index contributed by atoms with van der Waals surface area (Å²) < 4.78 is 42.5. The molecule has 0 saturated heterocycles. The molecule has 0 aliphatic heterocycles. The maximum absolute atomic E-state index is 12.3. The van der Waals surface area contributed by atoms with Crippen molar-refractivity contribution in [2.75, 3.05) is 6.61 Å². The number of nitrogens with two attached hydrogens (primary N) is 1. The molecule has 1 aromatic rings. The van der Waals surface area contributed by atoms with Gasteiger partial charge in [-0.25, -0.2) is 0 Å². The van der Waals surface area contributed by atoms with Crippen LogP contribution in [-0.4, -0.2) is 18.7 Å². The summed E-state index contributed by atoms with van der Waals surface area (Å²) in [5.74, 6) is -0.552. The Morgan fingerprint density at radius 3 is 2.35 bits per heavy atom. The first-order chi connectivity index (χ1) is 9.21. The molecule has 0 aliphatic rings. The standard InChI is InChI=1S/C13H15F3INO2/c1-3-7-5-9(12(18)19)8(4-2)11(10(7)17)20-6-13(14,15)16/h5H,3-4,6H2,1-2H3,(H2,18,19). The molecule has 7 heteroatoms. The normalized spacial score (nSPS) is 11.5. The Labute approximate surface area is 128 Å². The van der Waals surface area contributed by atoms with Gasteiger partial charge in [-0.05, 0) is 47.1 Å². The van der Waals surface area contributed by atoms with Crippen LogP contribution in [0.4, 0.5) is 13.2 Å². The molecule has 0 fully saturated rings. The van der Waals surface area contributed by atoms with E-state index in [2.05, 4.69) is 0 Å². The summed E-state index contributed by atoms with van der Waals surface area (Å²) in [6.45, 7) is 2.20. The minimum absolute atomic E-state index is 0.110. The molecule has 0 aliphatic carbocycles. The first-order valence-corrected chi connectivity index (χ1v) is 7.12. The van der Waals surface area contributed by atoms with E-state index < -0.39 is 18.7 Å². The van der Waals surface area contributed by atoms with E-state index in [9.17, 15) is 18.0 Å². The van der Waals surface area contributed by atoms with Gasteiger partial charge in [-0.3, -0.25) is 4.79 Å². The number of hydrogen-bond donors (Lipinski definition) is 1. The minimum Gasteiger partial charge on any atom is -0.483 e. The second-order valence-corrected chi connectivity index (χ2v) is 5.26. The van der Waals surface area contributed by atoms with Gasteiger partial charge in [0.25, 0.3) is 0 Å². The molecule has 1 amide bonds. The van der Waals surface area contributed by atoms with E-state index in [4.69, 9.17) is 10.5 Å². The molecule has 0 bridgehead atoms. The molecule has 112 valence electrons. The number of halogens is 4. The highest BCUT2D eigenvalue weighted by Gasteiger charge is 2.30. The summed E-state index contributed by atoms with van der Waals surface area (Å²) in [7, 11) is 0. The molecule has 0 atom stereocenters. The molecule has 0 radical (unpaired) electrons. The van der Waals surface area contributed by atoms with Gasteiger partial charge in [0, 0.05) is 11.1 Å². The van der Waals surface area contributed by atoms with Crippen molar-refractivity contribution in [3.05, 3.63) is 26.3 Å². The fourth-order valence-corrected chi connectivity index (χ4v) is 2.88. The van der Waals surface area contributed by atoms with Crippen LogP contribution in [0.15, 0.2) is 6.07 Å². The average molecular weight is 401 g/mol. The molecule has 1 rings (SSSR count). The molecule has 0 saturated carbocycles. The topological polar surface area (TPSA) is 52.3 Å². The molecule has 0 unspecified atom stereocenters. The molecular weight excluding hydrogens is 386 g/mol. The highest BCUT2D eigenvalue weighted by atomic mass is 127. The van der Waals surface area contributed by atoms with Gasteiger partial charge in [-0.15, -0.1) is 0 Å². The molecule has 20 heavy (non-hydrogen) atoms. The molecular formula is C13H15F3INO2. The van der Waals surface area contributed by atoms with Crippen LogP contribution in [0.5, 0.6) is 5.75 Å². The zero-order valence-electron chi connectivity index (χ0n) is 11.1. The molecule has 1 aromatic carbocycles. The Morgan fingerprint density at radius 2 is 1.95 bits per heavy atom. The molecule has 0 aromatic heterocycles. The van der Waals surface area contributed by atoms with Crippen LogP contribution in [0.1, 0.15) is 35.3 Å². The zero-order valence-corrected chi connectivity index (χ0v) is 13.3. The van der Waals surface area contributed by atoms with Crippen molar-refractivity contribution < 1.29 is 22.7 Å². The van der Waals surface area contributed by atoms with Crippen molar-refractivity contribution in [3.8, 4) is 5.75 Å². The van der Waals surface area contributed by atoms with E-state index in [1.165, 1.54) is 0 Å². The predicted octanol–water partition coefficient (Wildman–Crippen LogP) is 3.46. The maximum atomic E-state index is 12.3. The molecule has 2 N–H and O–H groups in total. The van der Waals surface area contributed by atoms with Crippen molar-refractivity contribution in [2.24, 2.45) is 5.73 Å². The van der Waals surface area contributed by atoms with Crippen LogP contribution in [0.2, 0.25) is 0 Å². The summed E-state index contributed by atoms with van der Waals surface area (Å²) in [5.41, 5.74) is 6.68. The number of carbonyl (C=O) groups is 1. The lowest BCUT2D eigenvalue weighted by Gasteiger charge is -2.18. The van der Waals surface area contributed by atoms with E-state index in [1.54, 1.807) is 13.0 Å². The van der Waals surface area contributed by atoms with E-state index >= 15 is 0 Å². The number of rotatable bonds is 5. The molecule has 3 nitrogen and oxygen atoms in total. The Balaban J connectivity index is 3.37. The third kappa shape index (κ3) is 4.00. The number of primary amides is 1. The van der Waals surface area contributed by atoms with Crippen molar-refractivity contribution in [3.63, 3.8) is 0 Å². The minimum atomic E-state index is -4.43. The van der Waals surface area contributed by atoms with Gasteiger partial charge in [0.2, 0.25) is 5.91 Å². The first kappa shape index (κ1) is 17.1. The van der Waals surface area contributed by atoms with Gasteiger partial charge >= 0.3 is 6.18 Å². The van der Waals surface area contributed by atoms with Crippen molar-refractivity contribution >= 4 is 28.5 Å². The Hall–Kier alpha value is -0.990. The predicted molar refractivity (Wildman–Crippen MR) is 78.0 cm³/mol. The van der Waals surface area contributed by atoms with Gasteiger partial charge in [-0.2, -0.15) is 13.2 Å². The third-order valence-electron chi connectivity index (χ3n) is 2.78. The fourth-order valence-electron chi connectivity index (χ4n) is 1.86. The van der Waals surface area contributed by atoms with Crippen LogP contribution in [0.3, 0.4) is 0 Å². The average Bonchev–Trinajstić information content (AvgIpc) is 2.35. The lowest BCUT2D eigenvalue weighted by Crippen LogP contribution is -2.22. The smallest absolute Gasteiger partial charge is 0.422 e. The lowest BCUT2D eigenvalue weighted by atomic mass is 9.99. The highest BCUT2D eigenvalue weighted by Crippen LogP contribution is 2.34. The van der Waals surface area contributed by atoms with E-state index in [-0.39, 0.29) is 11.3 Å². The first-order valence-electron chi connectivity index (χ1n) is 6.04. The van der Waals surface area contributed by atoms with Gasteiger partial charge in [0.1, 0.15) is 5.75 Å². The summed E-state index contributed by atoms with van der Waals surface area (Å²) in [5, 5.41) is 0. The second kappa shape index (κ2) is 6.64. The van der Waals surface area contributed by atoms with Crippen molar-refractivity contribution in [1.82, 2.24) is 0 Å². The third-order valence-corrected chi connectivity index (χ3v) is 3.96. The largest absolute Gasteiger partial charge is 0.483 e. The highest BCUT2D eigenvalue weighted by molar-refractivity contribution is 14.1.